The Morgan fingerprint density at radius 3 is 2.40 bits per heavy atom. The van der Waals surface area contributed by atoms with Gasteiger partial charge in [-0.15, -0.1) is 11.3 Å². The number of anilines is 3. The van der Waals surface area contributed by atoms with Crippen molar-refractivity contribution in [3.63, 3.8) is 0 Å². The molecule has 4 aromatic carbocycles. The summed E-state index contributed by atoms with van der Waals surface area (Å²) in [5.41, 5.74) is 4.85. The van der Waals surface area contributed by atoms with Gasteiger partial charge in [-0.1, -0.05) is 30.3 Å². The Kier molecular flexibility index (Phi) is 13.3. The van der Waals surface area contributed by atoms with Crippen LogP contribution in [0, 0.1) is 5.82 Å². The summed E-state index contributed by atoms with van der Waals surface area (Å²) in [6.07, 6.45) is 1.68. The molecule has 0 aliphatic carbocycles. The van der Waals surface area contributed by atoms with Crippen molar-refractivity contribution in [2.24, 2.45) is 0 Å². The van der Waals surface area contributed by atoms with Gasteiger partial charge in [0.2, 0.25) is 11.8 Å². The van der Waals surface area contributed by atoms with Crippen molar-refractivity contribution in [3.05, 3.63) is 124 Å². The minimum atomic E-state index is -1.31. The van der Waals surface area contributed by atoms with Gasteiger partial charge in [0, 0.05) is 86.3 Å². The van der Waals surface area contributed by atoms with Crippen molar-refractivity contribution in [3.8, 4) is 16.9 Å². The fourth-order valence-corrected chi connectivity index (χ4v) is 9.43. The van der Waals surface area contributed by atoms with E-state index in [2.05, 4.69) is 42.9 Å². The first-order chi connectivity index (χ1) is 32.5. The van der Waals surface area contributed by atoms with Crippen molar-refractivity contribution in [2.45, 2.75) is 31.5 Å². The largest absolute Gasteiger partial charge is 0.508 e. The Hall–Kier alpha value is -7.06. The van der Waals surface area contributed by atoms with Crippen LogP contribution in [0.5, 0.6) is 5.75 Å². The zero-order valence-electron chi connectivity index (χ0n) is 36.2. The molecule has 9 rings (SSSR count). The number of halogens is 1. The van der Waals surface area contributed by atoms with Crippen molar-refractivity contribution in [2.75, 3.05) is 81.2 Å². The van der Waals surface area contributed by atoms with E-state index in [9.17, 15) is 38.3 Å². The lowest BCUT2D eigenvalue weighted by Crippen LogP contribution is -2.54. The van der Waals surface area contributed by atoms with Crippen LogP contribution < -0.4 is 20.9 Å². The van der Waals surface area contributed by atoms with Gasteiger partial charge in [-0.05, 0) is 71.6 Å². The molecule has 6 amide bonds. The molecule has 19 heteroatoms. The second-order valence-corrected chi connectivity index (χ2v) is 17.3. The number of imide groups is 2. The molecule has 5 heterocycles. The first kappa shape index (κ1) is 45.1. The third kappa shape index (κ3) is 9.62. The fourth-order valence-electron chi connectivity index (χ4n) is 8.90. The van der Waals surface area contributed by atoms with E-state index in [1.807, 2.05) is 30.3 Å². The van der Waals surface area contributed by atoms with E-state index in [-0.39, 0.29) is 41.8 Å². The number of hydrogen-bond donors (Lipinski definition) is 4. The number of nitrogens with zero attached hydrogens (tertiary/aromatic N) is 5. The number of aromatic nitrogens is 1. The first-order valence-corrected chi connectivity index (χ1v) is 22.9. The maximum atomic E-state index is 14.4. The number of thiazole rings is 1. The van der Waals surface area contributed by atoms with Gasteiger partial charge in [0.25, 0.3) is 23.6 Å². The van der Waals surface area contributed by atoms with Crippen molar-refractivity contribution >= 4 is 63.3 Å². The van der Waals surface area contributed by atoms with Crippen LogP contribution in [-0.4, -0.2) is 132 Å². The molecule has 346 valence electrons. The van der Waals surface area contributed by atoms with E-state index in [1.54, 1.807) is 23.6 Å². The zero-order chi connectivity index (χ0) is 46.6. The lowest BCUT2D eigenvalue weighted by Gasteiger charge is -2.36. The number of carbonyl (C=O) groups is 6. The van der Waals surface area contributed by atoms with Crippen LogP contribution in [0.3, 0.4) is 0 Å². The number of piperazine rings is 1. The summed E-state index contributed by atoms with van der Waals surface area (Å²) < 4.78 is 26.0. The highest BCUT2D eigenvalue weighted by molar-refractivity contribution is 7.13. The topological polar surface area (TPSA) is 203 Å². The van der Waals surface area contributed by atoms with Crippen LogP contribution in [0.1, 0.15) is 61.1 Å². The second kappa shape index (κ2) is 19.8. The van der Waals surface area contributed by atoms with Gasteiger partial charge in [0.15, 0.2) is 5.13 Å². The van der Waals surface area contributed by atoms with Crippen LogP contribution in [0.15, 0.2) is 90.4 Å². The van der Waals surface area contributed by atoms with Gasteiger partial charge >= 0.3 is 0 Å². The second-order valence-electron chi connectivity index (χ2n) is 16.4. The highest BCUT2D eigenvalue weighted by Gasteiger charge is 2.46. The number of ether oxygens (including phenoxy) is 2. The number of amides is 6. The van der Waals surface area contributed by atoms with Gasteiger partial charge in [0.1, 0.15) is 23.7 Å². The number of phenols is 1. The standard InChI is InChI=1S/C48H47FN8O9S/c49-32-8-12-39(58)36(27-32)42(44(61)53-48-51-15-25-67-48)56-28-31-5-4-30(26-35(31)45(56)62)29-6-9-33(10-7-29)55-18-16-54(17-19-55)20-22-66-24-23-65-21-14-50-37-3-1-2-34-41(37)47(64)57(46(34)63)38-11-13-40(59)52-43(38)60/h1-10,12,15,25-27,38,42,50,58H,11,13-14,16-24,28H2,(H,51,53,61)(H,52,59,60). The van der Waals surface area contributed by atoms with Gasteiger partial charge < -0.3 is 29.7 Å². The minimum absolute atomic E-state index is 0.0235. The van der Waals surface area contributed by atoms with Gasteiger partial charge in [-0.3, -0.25) is 49.2 Å². The molecule has 2 fully saturated rings. The van der Waals surface area contributed by atoms with Gasteiger partial charge in [-0.2, -0.15) is 0 Å². The summed E-state index contributed by atoms with van der Waals surface area (Å²) in [4.78, 5) is 89.1. The van der Waals surface area contributed by atoms with Gasteiger partial charge in [0.05, 0.1) is 37.6 Å². The number of benzene rings is 4. The normalized spacial score (nSPS) is 17.7. The van der Waals surface area contributed by atoms with Crippen LogP contribution in [0.2, 0.25) is 0 Å². The first-order valence-electron chi connectivity index (χ1n) is 22.0. The molecule has 2 atom stereocenters. The molecule has 4 aliphatic rings. The molecule has 0 saturated carbocycles. The summed E-state index contributed by atoms with van der Waals surface area (Å²) in [5.74, 6) is -4.17. The average Bonchev–Trinajstić information content (AvgIpc) is 4.03. The van der Waals surface area contributed by atoms with E-state index < -0.39 is 53.3 Å². The average molecular weight is 931 g/mol. The molecule has 2 saturated heterocycles. The maximum Gasteiger partial charge on any atom is 0.264 e. The van der Waals surface area contributed by atoms with Crippen LogP contribution in [0.25, 0.3) is 11.1 Å². The summed E-state index contributed by atoms with van der Waals surface area (Å²) in [6, 6.07) is 19.7. The Labute approximate surface area is 388 Å². The molecular formula is C48H47FN8O9S. The summed E-state index contributed by atoms with van der Waals surface area (Å²) >= 11 is 1.20. The highest BCUT2D eigenvalue weighted by atomic mass is 32.1. The van der Waals surface area contributed by atoms with Crippen LogP contribution in [0.4, 0.5) is 20.9 Å². The number of phenolic OH excluding ortho intramolecular Hbond substituents is 1. The number of aromatic hydroxyl groups is 1. The quantitative estimate of drug-likeness (QED) is 0.0742. The van der Waals surface area contributed by atoms with E-state index in [1.165, 1.54) is 28.5 Å². The summed E-state index contributed by atoms with van der Waals surface area (Å²) in [5, 5.41) is 20.8. The van der Waals surface area contributed by atoms with Crippen LogP contribution in [-0.2, 0) is 30.4 Å². The minimum Gasteiger partial charge on any atom is -0.508 e. The maximum absolute atomic E-state index is 14.4. The Morgan fingerprint density at radius 2 is 1.64 bits per heavy atom. The van der Waals surface area contributed by atoms with Crippen LogP contribution >= 0.6 is 11.3 Å². The van der Waals surface area contributed by atoms with Crippen molar-refractivity contribution in [1.82, 2.24) is 25.0 Å². The monoisotopic (exact) mass is 930 g/mol. The molecule has 4 N–H and O–H groups in total. The molecule has 5 aromatic rings. The molecule has 0 bridgehead atoms. The molecule has 17 nitrogen and oxygen atoms in total. The number of rotatable bonds is 17. The Bertz CT molecular complexity index is 2710. The Morgan fingerprint density at radius 1 is 0.866 bits per heavy atom. The molecule has 67 heavy (non-hydrogen) atoms. The predicted octanol–water partition coefficient (Wildman–Crippen LogP) is 4.66. The van der Waals surface area contributed by atoms with E-state index in [0.29, 0.717) is 54.9 Å². The molecule has 1 aromatic heterocycles. The fraction of sp³-hybridized carbons (Fsp3) is 0.312. The predicted molar refractivity (Wildman–Crippen MR) is 245 cm³/mol. The lowest BCUT2D eigenvalue weighted by atomic mass is 10.00. The molecule has 0 radical (unpaired) electrons. The van der Waals surface area contributed by atoms with Crippen molar-refractivity contribution in [1.29, 1.82) is 0 Å². The Balaban J connectivity index is 0.697. The van der Waals surface area contributed by atoms with E-state index >= 15 is 0 Å². The van der Waals surface area contributed by atoms with E-state index in [4.69, 9.17) is 9.47 Å². The van der Waals surface area contributed by atoms with Crippen molar-refractivity contribution < 1.29 is 47.7 Å². The third-order valence-corrected chi connectivity index (χ3v) is 13.0. The number of carbonyl (C=O) groups excluding carboxylic acids is 6. The zero-order valence-corrected chi connectivity index (χ0v) is 37.1. The molecule has 0 spiro atoms. The molecular weight excluding hydrogens is 884 g/mol. The third-order valence-electron chi connectivity index (χ3n) is 12.3. The van der Waals surface area contributed by atoms with Gasteiger partial charge in [-0.25, -0.2) is 9.37 Å². The van der Waals surface area contributed by atoms with E-state index in [0.717, 1.165) is 66.6 Å². The summed E-state index contributed by atoms with van der Waals surface area (Å²) in [6.45, 7) is 6.38. The lowest BCUT2D eigenvalue weighted by molar-refractivity contribution is -0.136. The molecule has 4 aliphatic heterocycles. The molecule has 2 unspecified atom stereocenters. The SMILES string of the molecule is O=C1CCC(N2C(=O)c3cccc(NCCOCCOCCN4CCN(c5ccc(-c6ccc7c(c6)C(=O)N(C(C(=O)Nc6nccs6)c6cc(F)ccc6O)C7)cc5)CC4)c3C2=O)C(=O)N1. The number of hydrogen-bond acceptors (Lipinski definition) is 14. The number of nitrogens with one attached hydrogen (secondary N) is 3. The number of piperidine rings is 1. The highest BCUT2D eigenvalue weighted by Crippen LogP contribution is 2.38. The summed E-state index contributed by atoms with van der Waals surface area (Å²) in [7, 11) is 0. The number of fused-ring (bicyclic) bond motifs is 2. The smallest absolute Gasteiger partial charge is 0.264 e.